The number of hydrogen-bond acceptors (Lipinski definition) is 1. The second-order valence-electron chi connectivity index (χ2n) is 5.30. The molecule has 2 rings (SSSR count). The largest absolute Gasteiger partial charge is 0.393 e. The first kappa shape index (κ1) is 11.7. The molecule has 1 aromatic rings. The van der Waals surface area contributed by atoms with Gasteiger partial charge in [-0.2, -0.15) is 0 Å². The third-order valence-electron chi connectivity index (χ3n) is 3.78. The molecule has 2 heterocycles. The standard InChI is InChI=1S/C13H23N2O/c1-15(11-5-13(16)6-12-15)10-4-9-14-7-2-3-8-14/h2-3,7-8,13,16H,4-6,9-12H2,1H3/q+1. The lowest BCUT2D eigenvalue weighted by molar-refractivity contribution is -0.915. The molecule has 90 valence electrons. The van der Waals surface area contributed by atoms with Gasteiger partial charge >= 0.3 is 0 Å². The van der Waals surface area contributed by atoms with E-state index in [9.17, 15) is 5.11 Å². The lowest BCUT2D eigenvalue weighted by Crippen LogP contribution is -2.51. The molecule has 0 atom stereocenters. The van der Waals surface area contributed by atoms with Crippen LogP contribution in [0.25, 0.3) is 0 Å². The summed E-state index contributed by atoms with van der Waals surface area (Å²) in [7, 11) is 2.32. The van der Waals surface area contributed by atoms with E-state index in [0.717, 1.165) is 37.0 Å². The van der Waals surface area contributed by atoms with Crippen molar-refractivity contribution in [1.82, 2.24) is 4.57 Å². The van der Waals surface area contributed by atoms with E-state index in [0.29, 0.717) is 0 Å². The molecule has 0 saturated carbocycles. The van der Waals surface area contributed by atoms with Crippen molar-refractivity contribution < 1.29 is 9.59 Å². The molecule has 0 spiro atoms. The summed E-state index contributed by atoms with van der Waals surface area (Å²) < 4.78 is 3.38. The van der Waals surface area contributed by atoms with Crippen LogP contribution in [0.3, 0.4) is 0 Å². The lowest BCUT2D eigenvalue weighted by Gasteiger charge is -2.39. The molecular formula is C13H23N2O+. The molecule has 0 aromatic carbocycles. The summed E-state index contributed by atoms with van der Waals surface area (Å²) in [6.45, 7) is 4.61. The maximum absolute atomic E-state index is 9.50. The number of rotatable bonds is 4. The van der Waals surface area contributed by atoms with E-state index in [1.807, 2.05) is 0 Å². The summed E-state index contributed by atoms with van der Waals surface area (Å²) in [4.78, 5) is 0. The van der Waals surface area contributed by atoms with Gasteiger partial charge < -0.3 is 14.2 Å². The van der Waals surface area contributed by atoms with Crippen LogP contribution in [0.15, 0.2) is 24.5 Å². The summed E-state index contributed by atoms with van der Waals surface area (Å²) in [6.07, 6.45) is 7.37. The van der Waals surface area contributed by atoms with Crippen LogP contribution in [-0.4, -0.2) is 46.9 Å². The van der Waals surface area contributed by atoms with Crippen LogP contribution in [0.4, 0.5) is 0 Å². The molecule has 1 fully saturated rings. The van der Waals surface area contributed by atoms with Crippen molar-refractivity contribution in [3.05, 3.63) is 24.5 Å². The Bertz CT molecular complexity index is 300. The molecule has 0 radical (unpaired) electrons. The highest BCUT2D eigenvalue weighted by Gasteiger charge is 2.28. The van der Waals surface area contributed by atoms with Gasteiger partial charge in [-0.25, -0.2) is 0 Å². The van der Waals surface area contributed by atoms with Gasteiger partial charge in [0.25, 0.3) is 0 Å². The number of likely N-dealkylation sites (tertiary alicyclic amines) is 1. The Morgan fingerprint density at radius 3 is 2.50 bits per heavy atom. The van der Waals surface area contributed by atoms with Crippen molar-refractivity contribution in [1.29, 1.82) is 0 Å². The maximum Gasteiger partial charge on any atom is 0.0809 e. The van der Waals surface area contributed by atoms with E-state index in [4.69, 9.17) is 0 Å². The second kappa shape index (κ2) is 5.02. The molecule has 0 amide bonds. The summed E-state index contributed by atoms with van der Waals surface area (Å²) in [5, 5.41) is 9.50. The number of hydrogen-bond donors (Lipinski definition) is 1. The highest BCUT2D eigenvalue weighted by molar-refractivity contribution is 4.89. The van der Waals surface area contributed by atoms with Crippen LogP contribution >= 0.6 is 0 Å². The van der Waals surface area contributed by atoms with Crippen LogP contribution in [-0.2, 0) is 6.54 Å². The molecule has 0 bridgehead atoms. The molecule has 0 unspecified atom stereocenters. The average molecular weight is 223 g/mol. The maximum atomic E-state index is 9.50. The Balaban J connectivity index is 1.73. The minimum atomic E-state index is -0.0457. The van der Waals surface area contributed by atoms with E-state index >= 15 is 0 Å². The Hall–Kier alpha value is -0.800. The van der Waals surface area contributed by atoms with Gasteiger partial charge in [-0.15, -0.1) is 0 Å². The number of quaternary nitrogens is 1. The van der Waals surface area contributed by atoms with Crippen LogP contribution < -0.4 is 0 Å². The monoisotopic (exact) mass is 223 g/mol. The molecule has 16 heavy (non-hydrogen) atoms. The smallest absolute Gasteiger partial charge is 0.0809 e. The molecule has 1 aliphatic heterocycles. The normalized spacial score (nSPS) is 30.5. The highest BCUT2D eigenvalue weighted by atomic mass is 16.3. The van der Waals surface area contributed by atoms with Crippen molar-refractivity contribution in [2.75, 3.05) is 26.7 Å². The molecule has 1 N–H and O–H groups in total. The van der Waals surface area contributed by atoms with Crippen molar-refractivity contribution in [3.8, 4) is 0 Å². The van der Waals surface area contributed by atoms with Gasteiger partial charge in [0.15, 0.2) is 0 Å². The molecular weight excluding hydrogens is 200 g/mol. The van der Waals surface area contributed by atoms with Crippen molar-refractivity contribution in [2.45, 2.75) is 31.9 Å². The number of aliphatic hydroxyl groups is 1. The first-order valence-corrected chi connectivity index (χ1v) is 6.30. The van der Waals surface area contributed by atoms with Gasteiger partial charge in [0.2, 0.25) is 0 Å². The first-order valence-electron chi connectivity index (χ1n) is 6.30. The summed E-state index contributed by atoms with van der Waals surface area (Å²) in [5.41, 5.74) is 0. The fraction of sp³-hybridized carbons (Fsp3) is 0.692. The summed E-state index contributed by atoms with van der Waals surface area (Å²) in [5.74, 6) is 0. The molecule has 0 aliphatic carbocycles. The molecule has 3 heteroatoms. The van der Waals surface area contributed by atoms with Gasteiger partial charge in [0.05, 0.1) is 32.8 Å². The van der Waals surface area contributed by atoms with Crippen LogP contribution in [0.5, 0.6) is 0 Å². The number of piperidine rings is 1. The third-order valence-corrected chi connectivity index (χ3v) is 3.78. The zero-order valence-electron chi connectivity index (χ0n) is 10.2. The minimum Gasteiger partial charge on any atom is -0.393 e. The van der Waals surface area contributed by atoms with Crippen LogP contribution in [0.2, 0.25) is 0 Å². The topological polar surface area (TPSA) is 25.2 Å². The fourth-order valence-corrected chi connectivity index (χ4v) is 2.56. The van der Waals surface area contributed by atoms with Crippen molar-refractivity contribution in [2.24, 2.45) is 0 Å². The number of nitrogens with zero attached hydrogens (tertiary/aromatic N) is 2. The SMILES string of the molecule is C[N+]1(CCCn2cccc2)CCC(O)CC1. The fourth-order valence-electron chi connectivity index (χ4n) is 2.56. The van der Waals surface area contributed by atoms with E-state index < -0.39 is 0 Å². The first-order chi connectivity index (χ1) is 7.68. The Morgan fingerprint density at radius 2 is 1.88 bits per heavy atom. The van der Waals surface area contributed by atoms with Gasteiger partial charge in [-0.05, 0) is 12.1 Å². The molecule has 3 nitrogen and oxygen atoms in total. The average Bonchev–Trinajstić information content (AvgIpc) is 2.76. The quantitative estimate of drug-likeness (QED) is 0.769. The van der Waals surface area contributed by atoms with Crippen molar-refractivity contribution >= 4 is 0 Å². The highest BCUT2D eigenvalue weighted by Crippen LogP contribution is 2.17. The zero-order valence-corrected chi connectivity index (χ0v) is 10.2. The third kappa shape index (κ3) is 3.09. The Labute approximate surface area is 97.9 Å². The van der Waals surface area contributed by atoms with Gasteiger partial charge in [-0.3, -0.25) is 0 Å². The molecule has 1 aliphatic rings. The summed E-state index contributed by atoms with van der Waals surface area (Å²) >= 11 is 0. The Morgan fingerprint density at radius 1 is 1.25 bits per heavy atom. The van der Waals surface area contributed by atoms with Crippen LogP contribution in [0, 0.1) is 0 Å². The van der Waals surface area contributed by atoms with E-state index in [-0.39, 0.29) is 6.10 Å². The van der Waals surface area contributed by atoms with E-state index in [2.05, 4.69) is 36.1 Å². The van der Waals surface area contributed by atoms with Gasteiger partial charge in [-0.1, -0.05) is 0 Å². The lowest BCUT2D eigenvalue weighted by atomic mass is 10.1. The van der Waals surface area contributed by atoms with Crippen LogP contribution in [0.1, 0.15) is 19.3 Å². The Kier molecular flexibility index (Phi) is 3.66. The van der Waals surface area contributed by atoms with Crippen molar-refractivity contribution in [3.63, 3.8) is 0 Å². The van der Waals surface area contributed by atoms with Gasteiger partial charge in [0.1, 0.15) is 0 Å². The number of aliphatic hydroxyl groups excluding tert-OH is 1. The summed E-state index contributed by atoms with van der Waals surface area (Å²) in [6, 6.07) is 4.15. The number of aromatic nitrogens is 1. The minimum absolute atomic E-state index is 0.0457. The molecule has 1 saturated heterocycles. The zero-order chi connectivity index (χ0) is 11.4. The van der Waals surface area contributed by atoms with Gasteiger partial charge in [0, 0.05) is 38.2 Å². The predicted octanol–water partition coefficient (Wildman–Crippen LogP) is 1.48. The van der Waals surface area contributed by atoms with E-state index in [1.165, 1.54) is 13.0 Å². The second-order valence-corrected chi connectivity index (χ2v) is 5.30. The molecule has 1 aromatic heterocycles. The van der Waals surface area contributed by atoms with E-state index in [1.54, 1.807) is 0 Å². The predicted molar refractivity (Wildman–Crippen MR) is 65.1 cm³/mol. The number of aryl methyl sites for hydroxylation is 1.